The molecule has 0 saturated heterocycles. The van der Waals surface area contributed by atoms with Gasteiger partial charge in [-0.3, -0.25) is 5.41 Å². The summed E-state index contributed by atoms with van der Waals surface area (Å²) in [5.41, 5.74) is 9.47. The number of nitrogens with one attached hydrogen (secondary N) is 2. The Labute approximate surface area is 129 Å². The molecule has 110 valence electrons. The molecule has 0 amide bonds. The van der Waals surface area contributed by atoms with Crippen molar-refractivity contribution in [2.24, 2.45) is 10.8 Å². The van der Waals surface area contributed by atoms with E-state index in [2.05, 4.69) is 10.5 Å². The molecule has 2 rings (SSSR count). The van der Waals surface area contributed by atoms with Crippen LogP contribution in [0.5, 0.6) is 5.75 Å². The lowest BCUT2D eigenvalue weighted by molar-refractivity contribution is 0.306. The molecular formula is C15H17ClN4O. The maximum atomic E-state index is 6.99. The number of ether oxygens (including phenoxy) is 1. The summed E-state index contributed by atoms with van der Waals surface area (Å²) in [5.74, 6) is 0.568. The van der Waals surface area contributed by atoms with Crippen LogP contribution in [0.1, 0.15) is 11.1 Å². The minimum absolute atomic E-state index is 0. The zero-order valence-corrected chi connectivity index (χ0v) is 12.1. The first-order valence-electron chi connectivity index (χ1n) is 6.14. The largest absolute Gasteiger partial charge is 0.489 e. The van der Waals surface area contributed by atoms with Crippen LogP contribution in [0.2, 0.25) is 0 Å². The van der Waals surface area contributed by atoms with Gasteiger partial charge in [0.15, 0.2) is 0 Å². The Kier molecular flexibility index (Phi) is 6.77. The van der Waals surface area contributed by atoms with Crippen LogP contribution in [0, 0.1) is 5.41 Å². The van der Waals surface area contributed by atoms with Crippen molar-refractivity contribution in [1.29, 1.82) is 5.41 Å². The first-order chi connectivity index (χ1) is 9.74. The molecule has 6 heteroatoms. The monoisotopic (exact) mass is 304 g/mol. The summed E-state index contributed by atoms with van der Waals surface area (Å²) in [6, 6.07) is 17.5. The van der Waals surface area contributed by atoms with Crippen molar-refractivity contribution in [3.63, 3.8) is 0 Å². The summed E-state index contributed by atoms with van der Waals surface area (Å²) >= 11 is 0. The fourth-order valence-corrected chi connectivity index (χ4v) is 1.60. The van der Waals surface area contributed by atoms with Crippen LogP contribution in [0.3, 0.4) is 0 Å². The molecule has 0 atom stereocenters. The summed E-state index contributed by atoms with van der Waals surface area (Å²) in [5, 5.41) is 10.8. The zero-order valence-electron chi connectivity index (χ0n) is 11.3. The fraction of sp³-hybridized carbons (Fsp3) is 0.0667. The maximum Gasteiger partial charge on any atom is 0.206 e. The second-order valence-electron chi connectivity index (χ2n) is 4.13. The third-order valence-electron chi connectivity index (χ3n) is 2.51. The fourth-order valence-electron chi connectivity index (χ4n) is 1.60. The predicted octanol–water partition coefficient (Wildman–Crippen LogP) is 2.50. The predicted molar refractivity (Wildman–Crippen MR) is 87.1 cm³/mol. The van der Waals surface area contributed by atoms with Crippen molar-refractivity contribution in [3.05, 3.63) is 65.7 Å². The van der Waals surface area contributed by atoms with Crippen LogP contribution in [-0.4, -0.2) is 12.2 Å². The van der Waals surface area contributed by atoms with E-state index >= 15 is 0 Å². The molecule has 0 fully saturated rings. The lowest BCUT2D eigenvalue weighted by atomic mass is 10.2. The third kappa shape index (κ3) is 5.97. The number of hydrazone groups is 1. The van der Waals surface area contributed by atoms with E-state index in [9.17, 15) is 0 Å². The maximum absolute atomic E-state index is 6.99. The van der Waals surface area contributed by atoms with Crippen LogP contribution in [0.25, 0.3) is 0 Å². The molecule has 0 aliphatic heterocycles. The first kappa shape index (κ1) is 16.5. The Hall–Kier alpha value is -2.53. The Bertz CT molecular complexity index is 602. The Morgan fingerprint density at radius 3 is 2.67 bits per heavy atom. The Morgan fingerprint density at radius 1 is 1.19 bits per heavy atom. The average Bonchev–Trinajstić information content (AvgIpc) is 2.46. The van der Waals surface area contributed by atoms with E-state index in [4.69, 9.17) is 15.9 Å². The number of halogens is 1. The highest BCUT2D eigenvalue weighted by molar-refractivity contribution is 5.85. The highest BCUT2D eigenvalue weighted by Gasteiger charge is 1.96. The number of nitrogens with two attached hydrogens (primary N) is 1. The molecular weight excluding hydrogens is 288 g/mol. The van der Waals surface area contributed by atoms with Gasteiger partial charge in [0.05, 0.1) is 6.21 Å². The van der Waals surface area contributed by atoms with Gasteiger partial charge in [-0.1, -0.05) is 42.5 Å². The van der Waals surface area contributed by atoms with Gasteiger partial charge in [0.1, 0.15) is 12.4 Å². The second-order valence-corrected chi connectivity index (χ2v) is 4.13. The minimum atomic E-state index is -0.197. The average molecular weight is 305 g/mol. The zero-order chi connectivity index (χ0) is 14.2. The van der Waals surface area contributed by atoms with Crippen molar-refractivity contribution in [2.75, 3.05) is 0 Å². The van der Waals surface area contributed by atoms with E-state index in [0.29, 0.717) is 6.61 Å². The van der Waals surface area contributed by atoms with Crippen LogP contribution >= 0.6 is 12.4 Å². The molecule has 0 aliphatic carbocycles. The smallest absolute Gasteiger partial charge is 0.206 e. The quantitative estimate of drug-likeness (QED) is 0.451. The number of guanidine groups is 1. The summed E-state index contributed by atoms with van der Waals surface area (Å²) < 4.78 is 5.71. The third-order valence-corrected chi connectivity index (χ3v) is 2.51. The first-order valence-corrected chi connectivity index (χ1v) is 6.14. The van der Waals surface area contributed by atoms with Crippen LogP contribution in [0.4, 0.5) is 0 Å². The van der Waals surface area contributed by atoms with Crippen LogP contribution in [0.15, 0.2) is 59.7 Å². The minimum Gasteiger partial charge on any atom is -0.489 e. The molecule has 0 spiro atoms. The molecule has 0 heterocycles. The highest BCUT2D eigenvalue weighted by Crippen LogP contribution is 2.14. The summed E-state index contributed by atoms with van der Waals surface area (Å²) in [6.07, 6.45) is 1.58. The summed E-state index contributed by atoms with van der Waals surface area (Å²) in [7, 11) is 0. The number of benzene rings is 2. The van der Waals surface area contributed by atoms with E-state index in [-0.39, 0.29) is 18.4 Å². The van der Waals surface area contributed by atoms with Gasteiger partial charge < -0.3 is 10.5 Å². The lowest BCUT2D eigenvalue weighted by Gasteiger charge is -2.06. The molecule has 0 radical (unpaired) electrons. The number of rotatable bonds is 5. The normalized spacial score (nSPS) is 9.90. The number of nitrogens with zero attached hydrogens (tertiary/aromatic N) is 1. The number of hydrogen-bond acceptors (Lipinski definition) is 3. The molecule has 0 aromatic heterocycles. The van der Waals surface area contributed by atoms with Gasteiger partial charge in [0.25, 0.3) is 0 Å². The molecule has 0 aliphatic rings. The Morgan fingerprint density at radius 2 is 1.95 bits per heavy atom. The highest BCUT2D eigenvalue weighted by atomic mass is 35.5. The van der Waals surface area contributed by atoms with Crippen molar-refractivity contribution in [2.45, 2.75) is 6.61 Å². The van der Waals surface area contributed by atoms with Crippen molar-refractivity contribution < 1.29 is 4.74 Å². The topological polar surface area (TPSA) is 83.5 Å². The van der Waals surface area contributed by atoms with Crippen molar-refractivity contribution in [1.82, 2.24) is 5.43 Å². The van der Waals surface area contributed by atoms with E-state index in [1.54, 1.807) is 6.21 Å². The summed E-state index contributed by atoms with van der Waals surface area (Å²) in [6.45, 7) is 0.521. The van der Waals surface area contributed by atoms with Crippen molar-refractivity contribution >= 4 is 24.6 Å². The molecule has 4 N–H and O–H groups in total. The molecule has 2 aromatic rings. The van der Waals surface area contributed by atoms with E-state index in [0.717, 1.165) is 16.9 Å². The lowest BCUT2D eigenvalue weighted by Crippen LogP contribution is -2.25. The SMILES string of the molecule is Cl.N=C(N)N/N=C/c1cccc(OCc2ccccc2)c1. The van der Waals surface area contributed by atoms with Gasteiger partial charge in [-0.25, -0.2) is 5.43 Å². The van der Waals surface area contributed by atoms with Crippen LogP contribution in [-0.2, 0) is 6.61 Å². The van der Waals surface area contributed by atoms with Gasteiger partial charge in [0, 0.05) is 0 Å². The molecule has 0 saturated carbocycles. The van der Waals surface area contributed by atoms with Gasteiger partial charge in [-0.05, 0) is 23.3 Å². The molecule has 5 nitrogen and oxygen atoms in total. The van der Waals surface area contributed by atoms with Gasteiger partial charge in [-0.2, -0.15) is 5.10 Å². The van der Waals surface area contributed by atoms with E-state index in [1.165, 1.54) is 0 Å². The summed E-state index contributed by atoms with van der Waals surface area (Å²) in [4.78, 5) is 0. The molecule has 2 aromatic carbocycles. The standard InChI is InChI=1S/C15H16N4O.ClH/c16-15(17)19-18-10-13-7-4-8-14(9-13)20-11-12-5-2-1-3-6-12;/h1-10H,11H2,(H4,16,17,19);1H/b18-10+;. The Balaban J connectivity index is 0.00000220. The van der Waals surface area contributed by atoms with E-state index < -0.39 is 0 Å². The molecule has 0 bridgehead atoms. The van der Waals surface area contributed by atoms with Gasteiger partial charge in [0.2, 0.25) is 5.96 Å². The van der Waals surface area contributed by atoms with Gasteiger partial charge >= 0.3 is 0 Å². The second kappa shape index (κ2) is 8.60. The molecule has 21 heavy (non-hydrogen) atoms. The number of hydrogen-bond donors (Lipinski definition) is 3. The van der Waals surface area contributed by atoms with E-state index in [1.807, 2.05) is 54.6 Å². The van der Waals surface area contributed by atoms with Crippen LogP contribution < -0.4 is 15.9 Å². The van der Waals surface area contributed by atoms with Gasteiger partial charge in [-0.15, -0.1) is 12.4 Å². The van der Waals surface area contributed by atoms with Crippen molar-refractivity contribution in [3.8, 4) is 5.75 Å². The molecule has 0 unspecified atom stereocenters.